The predicted octanol–water partition coefficient (Wildman–Crippen LogP) is 3.39. The fourth-order valence-electron chi connectivity index (χ4n) is 1.35. The molecule has 126 valence electrons. The van der Waals surface area contributed by atoms with Crippen molar-refractivity contribution in [3.63, 3.8) is 0 Å². The van der Waals surface area contributed by atoms with Gasteiger partial charge in [-0.1, -0.05) is 42.4 Å². The van der Waals surface area contributed by atoms with E-state index in [2.05, 4.69) is 32.7 Å². The Morgan fingerprint density at radius 1 is 1.43 bits per heavy atom. The minimum absolute atomic E-state index is 0.0356. The molecule has 0 aliphatic carbocycles. The summed E-state index contributed by atoms with van der Waals surface area (Å²) in [6, 6.07) is 0. The number of hydrogen-bond acceptors (Lipinski definition) is 6. The summed E-state index contributed by atoms with van der Waals surface area (Å²) in [4.78, 5) is 5.34. The van der Waals surface area contributed by atoms with Crippen LogP contribution in [0.2, 0.25) is 0 Å². The van der Waals surface area contributed by atoms with Crippen LogP contribution in [0.3, 0.4) is 0 Å². The van der Waals surface area contributed by atoms with Gasteiger partial charge in [-0.05, 0) is 18.9 Å². The lowest BCUT2D eigenvalue weighted by Gasteiger charge is -2.37. The highest BCUT2D eigenvalue weighted by atomic mass is 79.9. The number of nitrogens with one attached hydrogen (secondary N) is 2. The SMILES string of the molecule is C=C(Br)/C=C\[C@H](CS(O)(O)NC(CC)ONCCC)OC. The first-order valence-corrected chi connectivity index (χ1v) is 9.32. The number of hydroxylamine groups is 1. The van der Waals surface area contributed by atoms with Gasteiger partial charge < -0.3 is 4.74 Å². The van der Waals surface area contributed by atoms with Gasteiger partial charge in [0, 0.05) is 18.1 Å². The highest BCUT2D eigenvalue weighted by Gasteiger charge is 2.22. The van der Waals surface area contributed by atoms with Crippen LogP contribution >= 0.6 is 26.7 Å². The molecule has 0 heterocycles. The van der Waals surface area contributed by atoms with Crippen molar-refractivity contribution in [2.24, 2.45) is 0 Å². The molecule has 8 heteroatoms. The lowest BCUT2D eigenvalue weighted by molar-refractivity contribution is -0.0332. The van der Waals surface area contributed by atoms with Gasteiger partial charge in [0.05, 0.1) is 11.9 Å². The molecule has 0 saturated heterocycles. The van der Waals surface area contributed by atoms with E-state index in [1.54, 1.807) is 12.2 Å². The van der Waals surface area contributed by atoms with Gasteiger partial charge in [0.25, 0.3) is 0 Å². The largest absolute Gasteiger partial charge is 0.376 e. The van der Waals surface area contributed by atoms with Crippen LogP contribution in [0.4, 0.5) is 0 Å². The van der Waals surface area contributed by atoms with Gasteiger partial charge in [0.1, 0.15) is 6.23 Å². The van der Waals surface area contributed by atoms with Crippen LogP contribution in [0.25, 0.3) is 0 Å². The molecule has 2 atom stereocenters. The van der Waals surface area contributed by atoms with Crippen molar-refractivity contribution in [1.29, 1.82) is 0 Å². The fraction of sp³-hybridized carbons (Fsp3) is 0.692. The second-order valence-electron chi connectivity index (χ2n) is 4.44. The molecule has 6 nitrogen and oxygen atoms in total. The molecule has 0 spiro atoms. The summed E-state index contributed by atoms with van der Waals surface area (Å²) < 4.78 is 28.8. The molecular weight excluding hydrogens is 360 g/mol. The Morgan fingerprint density at radius 2 is 2.10 bits per heavy atom. The standard InChI is InChI=1S/C13H27BrN2O4S/c1-5-9-15-20-13(6-2)16-21(17,18)10-12(19-4)8-7-11(3)14/h7-8,12-13,15-18H,3,5-6,9-10H2,1-2,4H3/b8-7-/t12-,13?/m1/s1. The quantitative estimate of drug-likeness (QED) is 0.178. The van der Waals surface area contributed by atoms with Gasteiger partial charge in [-0.2, -0.15) is 4.72 Å². The van der Waals surface area contributed by atoms with E-state index in [4.69, 9.17) is 9.57 Å². The molecule has 0 radical (unpaired) electrons. The topological polar surface area (TPSA) is 83.0 Å². The van der Waals surface area contributed by atoms with Crippen molar-refractivity contribution in [2.75, 3.05) is 19.4 Å². The zero-order valence-corrected chi connectivity index (χ0v) is 15.2. The maximum atomic E-state index is 10.1. The normalized spacial score (nSPS) is 16.1. The molecule has 0 aromatic carbocycles. The van der Waals surface area contributed by atoms with Gasteiger partial charge >= 0.3 is 0 Å². The van der Waals surface area contributed by atoms with E-state index in [0.717, 1.165) is 6.42 Å². The summed E-state index contributed by atoms with van der Waals surface area (Å²) >= 11 is 3.20. The van der Waals surface area contributed by atoms with E-state index < -0.39 is 23.1 Å². The van der Waals surface area contributed by atoms with Crippen LogP contribution in [0.15, 0.2) is 23.2 Å². The van der Waals surface area contributed by atoms with Crippen LogP contribution in [0.1, 0.15) is 26.7 Å². The first-order chi connectivity index (χ1) is 9.84. The third-order valence-electron chi connectivity index (χ3n) is 2.46. The minimum Gasteiger partial charge on any atom is -0.376 e. The first-order valence-electron chi connectivity index (χ1n) is 6.81. The molecular formula is C13H27BrN2O4S. The molecule has 0 aromatic heterocycles. The molecule has 0 amide bonds. The van der Waals surface area contributed by atoms with Crippen LogP contribution in [0, 0.1) is 0 Å². The summed E-state index contributed by atoms with van der Waals surface area (Å²) in [5.41, 5.74) is 2.78. The van der Waals surface area contributed by atoms with Crippen LogP contribution < -0.4 is 10.2 Å². The Kier molecular flexibility index (Phi) is 11.7. The Hall–Kier alpha value is 0.0700. The monoisotopic (exact) mass is 386 g/mol. The van der Waals surface area contributed by atoms with Crippen molar-refractivity contribution in [1.82, 2.24) is 10.2 Å². The first kappa shape index (κ1) is 21.1. The van der Waals surface area contributed by atoms with Gasteiger partial charge in [-0.3, -0.25) is 13.9 Å². The lowest BCUT2D eigenvalue weighted by atomic mass is 10.3. The van der Waals surface area contributed by atoms with E-state index in [1.807, 2.05) is 13.8 Å². The van der Waals surface area contributed by atoms with Gasteiger partial charge in [0.2, 0.25) is 0 Å². The van der Waals surface area contributed by atoms with Crippen LogP contribution in [0.5, 0.6) is 0 Å². The van der Waals surface area contributed by atoms with Crippen LogP contribution in [-0.2, 0) is 9.57 Å². The molecule has 0 bridgehead atoms. The molecule has 0 saturated carbocycles. The Morgan fingerprint density at radius 3 is 2.57 bits per heavy atom. The smallest absolute Gasteiger partial charge is 0.145 e. The number of allylic oxidation sites excluding steroid dienone is 2. The van der Waals surface area contributed by atoms with Crippen molar-refractivity contribution >= 4 is 26.7 Å². The zero-order valence-electron chi connectivity index (χ0n) is 12.8. The van der Waals surface area contributed by atoms with E-state index in [0.29, 0.717) is 17.4 Å². The molecule has 1 unspecified atom stereocenters. The summed E-state index contributed by atoms with van der Waals surface area (Å²) in [6.45, 7) is 8.29. The number of methoxy groups -OCH3 is 1. The molecule has 0 aromatic rings. The number of hydrogen-bond donors (Lipinski definition) is 4. The number of ether oxygens (including phenoxy) is 1. The predicted molar refractivity (Wildman–Crippen MR) is 92.3 cm³/mol. The average Bonchev–Trinajstić information content (AvgIpc) is 2.42. The van der Waals surface area contributed by atoms with E-state index >= 15 is 0 Å². The fourth-order valence-corrected chi connectivity index (χ4v) is 2.94. The maximum absolute atomic E-state index is 10.1. The molecule has 0 aliphatic rings. The maximum Gasteiger partial charge on any atom is 0.145 e. The van der Waals surface area contributed by atoms with E-state index in [9.17, 15) is 9.11 Å². The summed E-state index contributed by atoms with van der Waals surface area (Å²) in [5.74, 6) is 0.0356. The Bertz CT molecular complexity index is 329. The summed E-state index contributed by atoms with van der Waals surface area (Å²) in [5, 5.41) is 0. The molecule has 0 fully saturated rings. The summed E-state index contributed by atoms with van der Waals surface area (Å²) in [6.07, 6.45) is 4.04. The minimum atomic E-state index is -3.03. The second-order valence-corrected chi connectivity index (χ2v) is 7.36. The van der Waals surface area contributed by atoms with Gasteiger partial charge in [-0.25, -0.2) is 5.48 Å². The number of halogens is 1. The van der Waals surface area contributed by atoms with E-state index in [-0.39, 0.29) is 5.75 Å². The van der Waals surface area contributed by atoms with Crippen molar-refractivity contribution in [3.8, 4) is 0 Å². The lowest BCUT2D eigenvalue weighted by Crippen LogP contribution is -2.40. The van der Waals surface area contributed by atoms with Gasteiger partial charge in [-0.15, -0.1) is 10.8 Å². The van der Waals surface area contributed by atoms with E-state index in [1.165, 1.54) is 7.11 Å². The molecule has 0 rings (SSSR count). The molecule has 21 heavy (non-hydrogen) atoms. The second kappa shape index (κ2) is 11.6. The Balaban J connectivity index is 4.45. The van der Waals surface area contributed by atoms with Crippen molar-refractivity contribution in [2.45, 2.75) is 39.0 Å². The highest BCUT2D eigenvalue weighted by molar-refractivity contribution is 9.11. The van der Waals surface area contributed by atoms with Crippen molar-refractivity contribution < 1.29 is 18.7 Å². The van der Waals surface area contributed by atoms with Gasteiger partial charge in [0.15, 0.2) is 0 Å². The third-order valence-corrected chi connectivity index (χ3v) is 4.16. The van der Waals surface area contributed by atoms with Crippen LogP contribution in [-0.4, -0.2) is 40.8 Å². The number of rotatable bonds is 12. The average molecular weight is 387 g/mol. The third kappa shape index (κ3) is 11.3. The summed E-state index contributed by atoms with van der Waals surface area (Å²) in [7, 11) is -1.51. The zero-order chi connectivity index (χ0) is 16.3. The Labute approximate surface area is 137 Å². The molecule has 0 aliphatic heterocycles. The van der Waals surface area contributed by atoms with Crippen molar-refractivity contribution in [3.05, 3.63) is 23.2 Å². The highest BCUT2D eigenvalue weighted by Crippen LogP contribution is 2.36. The molecule has 4 N–H and O–H groups in total.